The minimum Gasteiger partial charge on any atom is -0.209 e. The first-order valence-electron chi connectivity index (χ1n) is 4.13. The lowest BCUT2D eigenvalue weighted by Gasteiger charge is -2.06. The minimum atomic E-state index is -4.33. The van der Waals surface area contributed by atoms with Crippen LogP contribution in [0.4, 0.5) is 13.2 Å². The summed E-state index contributed by atoms with van der Waals surface area (Å²) in [7, 11) is 0. The van der Waals surface area contributed by atoms with Crippen LogP contribution in [-0.4, -0.2) is 9.36 Å². The first-order chi connectivity index (χ1) is 7.47. The van der Waals surface area contributed by atoms with Gasteiger partial charge in [-0.2, -0.15) is 17.5 Å². The van der Waals surface area contributed by atoms with Gasteiger partial charge in [-0.3, -0.25) is 0 Å². The molecule has 1 aromatic heterocycles. The van der Waals surface area contributed by atoms with Crippen molar-refractivity contribution >= 4 is 34.1 Å². The Morgan fingerprint density at radius 1 is 1.25 bits per heavy atom. The van der Waals surface area contributed by atoms with E-state index in [0.717, 1.165) is 23.7 Å². The fourth-order valence-corrected chi connectivity index (χ4v) is 2.12. The number of alkyl halides is 3. The number of aromatic nitrogens is 2. The van der Waals surface area contributed by atoms with Gasteiger partial charge in [-0.25, -0.2) is 4.98 Å². The average molecular weight is 356 g/mol. The van der Waals surface area contributed by atoms with Gasteiger partial charge in [0.15, 0.2) is 8.84 Å². The zero-order valence-electron chi connectivity index (χ0n) is 7.62. The summed E-state index contributed by atoms with van der Waals surface area (Å²) >= 11 is 3.13. The molecule has 0 fully saturated rings. The summed E-state index contributed by atoms with van der Waals surface area (Å²) in [6, 6.07) is 5.00. The molecule has 2 nitrogen and oxygen atoms in total. The summed E-state index contributed by atoms with van der Waals surface area (Å²) in [6.07, 6.45) is -4.33. The Morgan fingerprint density at radius 3 is 2.56 bits per heavy atom. The Bertz CT molecular complexity index is 509. The van der Waals surface area contributed by atoms with Gasteiger partial charge in [0.25, 0.3) is 0 Å². The Balaban J connectivity index is 2.44. The molecule has 0 unspecified atom stereocenters. The third-order valence-corrected chi connectivity index (χ3v) is 3.19. The smallest absolute Gasteiger partial charge is 0.209 e. The predicted molar refractivity (Wildman–Crippen MR) is 63.1 cm³/mol. The van der Waals surface area contributed by atoms with E-state index < -0.39 is 11.7 Å². The molecule has 0 saturated carbocycles. The number of nitrogens with zero attached hydrogens (tertiary/aromatic N) is 2. The second kappa shape index (κ2) is 4.28. The van der Waals surface area contributed by atoms with Crippen LogP contribution in [-0.2, 0) is 6.18 Å². The second-order valence-corrected chi connectivity index (χ2v) is 5.46. The van der Waals surface area contributed by atoms with Crippen molar-refractivity contribution in [1.82, 2.24) is 9.36 Å². The monoisotopic (exact) mass is 356 g/mol. The molecule has 2 aromatic rings. The van der Waals surface area contributed by atoms with E-state index in [9.17, 15) is 13.2 Å². The van der Waals surface area contributed by atoms with Crippen molar-refractivity contribution < 1.29 is 13.2 Å². The van der Waals surface area contributed by atoms with Crippen LogP contribution >= 0.6 is 34.1 Å². The Hall–Kier alpha value is -0.700. The third-order valence-electron chi connectivity index (χ3n) is 1.85. The van der Waals surface area contributed by atoms with Crippen LogP contribution in [0.5, 0.6) is 0 Å². The maximum absolute atomic E-state index is 12.4. The standard InChI is InChI=1S/C9H4F3IN2S/c10-9(11,12)6-3-1-2-5(4-6)7-14-8(13)16-15-7/h1-4H. The van der Waals surface area contributed by atoms with Crippen LogP contribution in [0.3, 0.4) is 0 Å². The summed E-state index contributed by atoms with van der Waals surface area (Å²) in [5.41, 5.74) is -0.302. The third kappa shape index (κ3) is 2.51. The molecule has 0 aliphatic heterocycles. The molecule has 16 heavy (non-hydrogen) atoms. The van der Waals surface area contributed by atoms with E-state index in [-0.39, 0.29) is 0 Å². The molecule has 0 amide bonds. The lowest BCUT2D eigenvalue weighted by molar-refractivity contribution is -0.137. The second-order valence-electron chi connectivity index (χ2n) is 2.95. The van der Waals surface area contributed by atoms with E-state index in [0.29, 0.717) is 14.4 Å². The van der Waals surface area contributed by atoms with Gasteiger partial charge in [0, 0.05) is 5.56 Å². The van der Waals surface area contributed by atoms with E-state index in [1.165, 1.54) is 6.07 Å². The summed E-state index contributed by atoms with van der Waals surface area (Å²) in [5.74, 6) is 0.334. The van der Waals surface area contributed by atoms with Gasteiger partial charge in [0.1, 0.15) is 0 Å². The van der Waals surface area contributed by atoms with Gasteiger partial charge in [0.2, 0.25) is 0 Å². The largest absolute Gasteiger partial charge is 0.416 e. The quantitative estimate of drug-likeness (QED) is 0.726. The van der Waals surface area contributed by atoms with Crippen LogP contribution in [0, 0.1) is 3.01 Å². The van der Waals surface area contributed by atoms with Crippen LogP contribution < -0.4 is 0 Å². The molecule has 0 radical (unpaired) electrons. The minimum absolute atomic E-state index is 0.334. The first-order valence-corrected chi connectivity index (χ1v) is 5.99. The highest BCUT2D eigenvalue weighted by Gasteiger charge is 2.30. The van der Waals surface area contributed by atoms with Crippen molar-refractivity contribution in [3.8, 4) is 11.4 Å². The molecule has 0 saturated heterocycles. The lowest BCUT2D eigenvalue weighted by atomic mass is 10.1. The summed E-state index contributed by atoms with van der Waals surface area (Å²) in [6.45, 7) is 0. The molecule has 7 heteroatoms. The molecule has 0 N–H and O–H groups in total. The van der Waals surface area contributed by atoms with Crippen molar-refractivity contribution in [2.24, 2.45) is 0 Å². The van der Waals surface area contributed by atoms with Crippen LogP contribution in [0.25, 0.3) is 11.4 Å². The molecule has 1 heterocycles. The highest BCUT2D eigenvalue weighted by atomic mass is 127. The molecule has 0 bridgehead atoms. The highest BCUT2D eigenvalue weighted by molar-refractivity contribution is 14.1. The molecule has 0 atom stereocenters. The zero-order chi connectivity index (χ0) is 11.8. The van der Waals surface area contributed by atoms with E-state index in [1.807, 2.05) is 22.6 Å². The van der Waals surface area contributed by atoms with E-state index in [4.69, 9.17) is 0 Å². The molecule has 0 spiro atoms. The number of hydrogen-bond acceptors (Lipinski definition) is 3. The van der Waals surface area contributed by atoms with Gasteiger partial charge in [0.05, 0.1) is 5.56 Å². The topological polar surface area (TPSA) is 25.8 Å². The molecule has 2 rings (SSSR count). The van der Waals surface area contributed by atoms with Crippen molar-refractivity contribution in [2.45, 2.75) is 6.18 Å². The number of rotatable bonds is 1. The SMILES string of the molecule is FC(F)(F)c1cccc(-c2nsc(I)n2)c1. The van der Waals surface area contributed by atoms with Crippen molar-refractivity contribution in [3.05, 3.63) is 32.8 Å². The number of benzene rings is 1. The van der Waals surface area contributed by atoms with E-state index >= 15 is 0 Å². The lowest BCUT2D eigenvalue weighted by Crippen LogP contribution is -2.04. The summed E-state index contributed by atoms with van der Waals surface area (Å²) < 4.78 is 42.0. The number of hydrogen-bond donors (Lipinski definition) is 0. The Morgan fingerprint density at radius 2 is 2.00 bits per heavy atom. The van der Waals surface area contributed by atoms with Gasteiger partial charge in [-0.1, -0.05) is 12.1 Å². The van der Waals surface area contributed by atoms with Gasteiger partial charge >= 0.3 is 6.18 Å². The normalized spacial score (nSPS) is 11.8. The van der Waals surface area contributed by atoms with E-state index in [1.54, 1.807) is 6.07 Å². The van der Waals surface area contributed by atoms with Gasteiger partial charge < -0.3 is 0 Å². The molecule has 1 aromatic carbocycles. The van der Waals surface area contributed by atoms with Crippen molar-refractivity contribution in [2.75, 3.05) is 0 Å². The Labute approximate surface area is 107 Å². The van der Waals surface area contributed by atoms with Crippen molar-refractivity contribution in [1.29, 1.82) is 0 Å². The maximum Gasteiger partial charge on any atom is 0.416 e. The van der Waals surface area contributed by atoms with Crippen LogP contribution in [0.2, 0.25) is 0 Å². The molecule has 84 valence electrons. The fourth-order valence-electron chi connectivity index (χ4n) is 1.16. The molecular weight excluding hydrogens is 352 g/mol. The van der Waals surface area contributed by atoms with Crippen LogP contribution in [0.1, 0.15) is 5.56 Å². The fraction of sp³-hybridized carbons (Fsp3) is 0.111. The zero-order valence-corrected chi connectivity index (χ0v) is 10.6. The molecular formula is C9H4F3IN2S. The summed E-state index contributed by atoms with van der Waals surface area (Å²) in [5, 5.41) is 0. The maximum atomic E-state index is 12.4. The number of halogens is 4. The van der Waals surface area contributed by atoms with Gasteiger partial charge in [-0.15, -0.1) is 0 Å². The summed E-state index contributed by atoms with van der Waals surface area (Å²) in [4.78, 5) is 4.03. The predicted octanol–water partition coefficient (Wildman–Crippen LogP) is 3.83. The Kier molecular flexibility index (Phi) is 3.15. The van der Waals surface area contributed by atoms with Gasteiger partial charge in [-0.05, 0) is 46.3 Å². The van der Waals surface area contributed by atoms with Crippen LogP contribution in [0.15, 0.2) is 24.3 Å². The molecule has 0 aliphatic rings. The highest BCUT2D eigenvalue weighted by Crippen LogP contribution is 2.31. The average Bonchev–Trinajstić information content (AvgIpc) is 2.64. The van der Waals surface area contributed by atoms with Crippen molar-refractivity contribution in [3.63, 3.8) is 0 Å². The van der Waals surface area contributed by atoms with E-state index in [2.05, 4.69) is 9.36 Å². The molecule has 0 aliphatic carbocycles. The first kappa shape index (κ1) is 11.8.